The van der Waals surface area contributed by atoms with Crippen molar-refractivity contribution in [2.45, 2.75) is 38.8 Å². The number of hydrogen-bond acceptors (Lipinski definition) is 2. The maximum absolute atomic E-state index is 11.7. The van der Waals surface area contributed by atoms with Gasteiger partial charge in [-0.15, -0.1) is 0 Å². The normalized spacial score (nSPS) is 22.3. The molecule has 0 aromatic carbocycles. The Hall–Kier alpha value is -0.770. The van der Waals surface area contributed by atoms with E-state index in [9.17, 15) is 4.79 Å². The molecule has 0 aliphatic carbocycles. The van der Waals surface area contributed by atoms with Gasteiger partial charge in [-0.05, 0) is 20.8 Å². The van der Waals surface area contributed by atoms with E-state index in [2.05, 4.69) is 14.1 Å². The third-order valence-electron chi connectivity index (χ3n) is 2.66. The second kappa shape index (κ2) is 4.39. The number of amides is 1. The van der Waals surface area contributed by atoms with Gasteiger partial charge in [-0.25, -0.2) is 4.79 Å². The number of nitrogens with one attached hydrogen (secondary N) is 1. The number of likely N-dealkylation sites (N-methyl/N-ethyl adjacent to an activating group) is 1. The Morgan fingerprint density at radius 1 is 1.40 bits per heavy atom. The van der Waals surface area contributed by atoms with E-state index in [0.29, 0.717) is 6.04 Å². The quantitative estimate of drug-likeness (QED) is 0.675. The predicted octanol–water partition coefficient (Wildman–Crippen LogP) is 0.140. The second-order valence-corrected chi connectivity index (χ2v) is 5.49. The molecule has 1 aliphatic rings. The molecule has 0 radical (unpaired) electrons. The third kappa shape index (κ3) is 3.70. The van der Waals surface area contributed by atoms with Gasteiger partial charge in [0, 0.05) is 13.0 Å². The van der Waals surface area contributed by atoms with Gasteiger partial charge in [0.2, 0.25) is 0 Å². The molecule has 4 heteroatoms. The van der Waals surface area contributed by atoms with E-state index in [1.807, 2.05) is 25.7 Å². The van der Waals surface area contributed by atoms with Crippen LogP contribution in [0.5, 0.6) is 0 Å². The van der Waals surface area contributed by atoms with Crippen LogP contribution in [0.2, 0.25) is 0 Å². The first kappa shape index (κ1) is 12.3. The van der Waals surface area contributed by atoms with Crippen LogP contribution in [0.15, 0.2) is 0 Å². The topological polar surface area (TPSA) is 34.0 Å². The lowest BCUT2D eigenvalue weighted by atomic mass is 10.2. The van der Waals surface area contributed by atoms with Gasteiger partial charge >= 0.3 is 6.09 Å². The van der Waals surface area contributed by atoms with Crippen molar-refractivity contribution < 1.29 is 14.4 Å². The van der Waals surface area contributed by atoms with Gasteiger partial charge in [-0.3, -0.25) is 0 Å². The molecule has 1 aliphatic heterocycles. The van der Waals surface area contributed by atoms with Crippen LogP contribution >= 0.6 is 0 Å². The molecule has 4 nitrogen and oxygen atoms in total. The summed E-state index contributed by atoms with van der Waals surface area (Å²) in [7, 11) is 4.26. The summed E-state index contributed by atoms with van der Waals surface area (Å²) in [4.78, 5) is 14.9. The van der Waals surface area contributed by atoms with Crippen molar-refractivity contribution in [3.8, 4) is 0 Å². The highest BCUT2D eigenvalue weighted by Crippen LogP contribution is 2.13. The minimum Gasteiger partial charge on any atom is -0.444 e. The van der Waals surface area contributed by atoms with E-state index in [4.69, 9.17) is 4.74 Å². The molecule has 1 amide bonds. The van der Waals surface area contributed by atoms with Crippen LogP contribution in [0.25, 0.3) is 0 Å². The Kier molecular flexibility index (Phi) is 3.60. The van der Waals surface area contributed by atoms with Crippen LogP contribution in [0, 0.1) is 0 Å². The molecular weight excluding hydrogens is 192 g/mol. The Balaban J connectivity index is 2.44. The van der Waals surface area contributed by atoms with E-state index in [0.717, 1.165) is 19.5 Å². The SMILES string of the molecule is C[NH+](C)[C@@H]1CCN(C(=O)OC(C)(C)C)C1. The van der Waals surface area contributed by atoms with E-state index in [1.54, 1.807) is 0 Å². The van der Waals surface area contributed by atoms with Gasteiger partial charge in [0.25, 0.3) is 0 Å². The second-order valence-electron chi connectivity index (χ2n) is 5.49. The van der Waals surface area contributed by atoms with Gasteiger partial charge in [0.15, 0.2) is 0 Å². The zero-order chi connectivity index (χ0) is 11.6. The molecule has 0 saturated carbocycles. The van der Waals surface area contributed by atoms with Crippen molar-refractivity contribution in [3.05, 3.63) is 0 Å². The first-order chi connectivity index (χ1) is 6.79. The van der Waals surface area contributed by atoms with Gasteiger partial charge in [-0.2, -0.15) is 0 Å². The van der Waals surface area contributed by atoms with Crippen molar-refractivity contribution in [2.24, 2.45) is 0 Å². The van der Waals surface area contributed by atoms with Crippen molar-refractivity contribution in [1.82, 2.24) is 4.90 Å². The Morgan fingerprint density at radius 3 is 2.40 bits per heavy atom. The van der Waals surface area contributed by atoms with E-state index in [-0.39, 0.29) is 11.7 Å². The molecule has 0 bridgehead atoms. The first-order valence-corrected chi connectivity index (χ1v) is 5.57. The van der Waals surface area contributed by atoms with Crippen LogP contribution < -0.4 is 4.90 Å². The van der Waals surface area contributed by atoms with Gasteiger partial charge in [-0.1, -0.05) is 0 Å². The zero-order valence-electron chi connectivity index (χ0n) is 10.5. The van der Waals surface area contributed by atoms with Gasteiger partial charge < -0.3 is 14.5 Å². The van der Waals surface area contributed by atoms with Crippen LogP contribution in [0.3, 0.4) is 0 Å². The molecule has 1 rings (SSSR count). The fraction of sp³-hybridized carbons (Fsp3) is 0.909. The summed E-state index contributed by atoms with van der Waals surface area (Å²) in [5.74, 6) is 0. The standard InChI is InChI=1S/C11H22N2O2/c1-11(2,3)15-10(14)13-7-6-9(8-13)12(4)5/h9H,6-8H2,1-5H3/p+1/t9-/m1/s1. The number of quaternary nitrogens is 1. The van der Waals surface area contributed by atoms with Crippen LogP contribution in [-0.2, 0) is 4.74 Å². The Morgan fingerprint density at radius 2 is 2.00 bits per heavy atom. The smallest absolute Gasteiger partial charge is 0.410 e. The number of carbonyl (C=O) groups excluding carboxylic acids is 1. The summed E-state index contributed by atoms with van der Waals surface area (Å²) < 4.78 is 5.33. The minimum atomic E-state index is -0.389. The molecule has 0 aromatic rings. The van der Waals surface area contributed by atoms with Crippen molar-refractivity contribution in [1.29, 1.82) is 0 Å². The molecule has 1 saturated heterocycles. The number of carbonyl (C=O) groups is 1. The van der Waals surface area contributed by atoms with Gasteiger partial charge in [0.1, 0.15) is 11.6 Å². The summed E-state index contributed by atoms with van der Waals surface area (Å²) in [5, 5.41) is 0. The fourth-order valence-corrected chi connectivity index (χ4v) is 1.72. The lowest BCUT2D eigenvalue weighted by Gasteiger charge is -2.24. The van der Waals surface area contributed by atoms with Gasteiger partial charge in [0.05, 0.1) is 20.6 Å². The number of rotatable bonds is 1. The first-order valence-electron chi connectivity index (χ1n) is 5.57. The van der Waals surface area contributed by atoms with E-state index in [1.165, 1.54) is 4.90 Å². The van der Waals surface area contributed by atoms with Crippen molar-refractivity contribution >= 4 is 6.09 Å². The number of nitrogens with zero attached hydrogens (tertiary/aromatic N) is 1. The maximum atomic E-state index is 11.7. The lowest BCUT2D eigenvalue weighted by molar-refractivity contribution is -0.883. The molecule has 15 heavy (non-hydrogen) atoms. The monoisotopic (exact) mass is 215 g/mol. The highest BCUT2D eigenvalue weighted by Gasteiger charge is 2.32. The largest absolute Gasteiger partial charge is 0.444 e. The summed E-state index contributed by atoms with van der Waals surface area (Å²) in [6, 6.07) is 0.553. The highest BCUT2D eigenvalue weighted by atomic mass is 16.6. The van der Waals surface area contributed by atoms with Crippen LogP contribution in [0.1, 0.15) is 27.2 Å². The predicted molar refractivity (Wildman–Crippen MR) is 59.0 cm³/mol. The van der Waals surface area contributed by atoms with Crippen molar-refractivity contribution in [3.63, 3.8) is 0 Å². The number of hydrogen-bond donors (Lipinski definition) is 1. The van der Waals surface area contributed by atoms with E-state index < -0.39 is 0 Å². The molecule has 1 atom stereocenters. The lowest BCUT2D eigenvalue weighted by Crippen LogP contribution is -3.10. The molecule has 0 unspecified atom stereocenters. The van der Waals surface area contributed by atoms with Crippen LogP contribution in [0.4, 0.5) is 4.79 Å². The average Bonchev–Trinajstić information content (AvgIpc) is 2.47. The molecule has 0 spiro atoms. The summed E-state index contributed by atoms with van der Waals surface area (Å²) >= 11 is 0. The third-order valence-corrected chi connectivity index (χ3v) is 2.66. The van der Waals surface area contributed by atoms with Crippen molar-refractivity contribution in [2.75, 3.05) is 27.2 Å². The molecule has 88 valence electrons. The molecular formula is C11H23N2O2+. The fourth-order valence-electron chi connectivity index (χ4n) is 1.72. The molecule has 0 aromatic heterocycles. The summed E-state index contributed by atoms with van der Waals surface area (Å²) in [6.45, 7) is 7.34. The molecule has 1 heterocycles. The van der Waals surface area contributed by atoms with Crippen LogP contribution in [-0.4, -0.2) is 49.8 Å². The summed E-state index contributed by atoms with van der Waals surface area (Å²) in [5.41, 5.74) is -0.389. The average molecular weight is 215 g/mol. The number of ether oxygens (including phenoxy) is 1. The molecule has 1 fully saturated rings. The van der Waals surface area contributed by atoms with E-state index >= 15 is 0 Å². The maximum Gasteiger partial charge on any atom is 0.410 e. The Labute approximate surface area is 92.2 Å². The Bertz CT molecular complexity index is 233. The number of likely N-dealkylation sites (tertiary alicyclic amines) is 1. The molecule has 1 N–H and O–H groups in total. The zero-order valence-corrected chi connectivity index (χ0v) is 10.5. The minimum absolute atomic E-state index is 0.175. The summed E-state index contributed by atoms with van der Waals surface area (Å²) in [6.07, 6.45) is 0.896. The highest BCUT2D eigenvalue weighted by molar-refractivity contribution is 5.68.